The Bertz CT molecular complexity index is 274. The summed E-state index contributed by atoms with van der Waals surface area (Å²) in [7, 11) is 0. The summed E-state index contributed by atoms with van der Waals surface area (Å²) in [6.07, 6.45) is 3.55. The number of hydrogen-bond acceptors (Lipinski definition) is 2. The molecule has 0 fully saturated rings. The zero-order valence-corrected chi connectivity index (χ0v) is 9.84. The Labute approximate surface area is 92.9 Å². The van der Waals surface area contributed by atoms with Crippen LogP contribution in [0.1, 0.15) is 30.4 Å². The Morgan fingerprint density at radius 2 is 1.67 bits per heavy atom. The van der Waals surface area contributed by atoms with E-state index in [0.29, 0.717) is 0 Å². The lowest BCUT2D eigenvalue weighted by Gasteiger charge is -2.08. The summed E-state index contributed by atoms with van der Waals surface area (Å²) >= 11 is 0. The highest BCUT2D eigenvalue weighted by Crippen LogP contribution is 2.13. The van der Waals surface area contributed by atoms with Crippen LogP contribution in [0.25, 0.3) is 0 Å². The van der Waals surface area contributed by atoms with Crippen molar-refractivity contribution in [3.05, 3.63) is 29.3 Å². The van der Waals surface area contributed by atoms with E-state index in [2.05, 4.69) is 37.4 Å². The van der Waals surface area contributed by atoms with E-state index < -0.39 is 0 Å². The number of hydrogen-bond donors (Lipinski definition) is 2. The van der Waals surface area contributed by atoms with Crippen molar-refractivity contribution in [2.24, 2.45) is 5.73 Å². The molecule has 1 aromatic rings. The quantitative estimate of drug-likeness (QED) is 0.702. The van der Waals surface area contributed by atoms with Gasteiger partial charge in [0.2, 0.25) is 0 Å². The molecule has 0 atom stereocenters. The predicted octanol–water partition coefficient (Wildman–Crippen LogP) is 2.84. The Morgan fingerprint density at radius 3 is 2.27 bits per heavy atom. The summed E-state index contributed by atoms with van der Waals surface area (Å²) < 4.78 is 0. The smallest absolute Gasteiger partial charge is 0.0345 e. The summed E-state index contributed by atoms with van der Waals surface area (Å²) in [4.78, 5) is 0. The highest BCUT2D eigenvalue weighted by Gasteiger charge is 1.94. The van der Waals surface area contributed by atoms with E-state index in [-0.39, 0.29) is 0 Å². The first-order valence-electron chi connectivity index (χ1n) is 5.74. The minimum atomic E-state index is 0.809. The van der Waals surface area contributed by atoms with Gasteiger partial charge in [-0.25, -0.2) is 0 Å². The monoisotopic (exact) mass is 206 g/mol. The minimum absolute atomic E-state index is 0.809. The minimum Gasteiger partial charge on any atom is -0.385 e. The van der Waals surface area contributed by atoms with Gasteiger partial charge in [0, 0.05) is 12.2 Å². The molecule has 15 heavy (non-hydrogen) atoms. The van der Waals surface area contributed by atoms with Gasteiger partial charge in [-0.05, 0) is 56.5 Å². The predicted molar refractivity (Wildman–Crippen MR) is 67.3 cm³/mol. The van der Waals surface area contributed by atoms with Gasteiger partial charge in [0.05, 0.1) is 0 Å². The average molecular weight is 206 g/mol. The fourth-order valence-electron chi connectivity index (χ4n) is 1.76. The molecule has 0 aliphatic rings. The van der Waals surface area contributed by atoms with E-state index >= 15 is 0 Å². The maximum absolute atomic E-state index is 5.44. The molecular formula is C13H22N2. The highest BCUT2D eigenvalue weighted by atomic mass is 14.9. The van der Waals surface area contributed by atoms with Gasteiger partial charge >= 0.3 is 0 Å². The van der Waals surface area contributed by atoms with Gasteiger partial charge in [0.15, 0.2) is 0 Å². The maximum Gasteiger partial charge on any atom is 0.0345 e. The normalized spacial score (nSPS) is 10.3. The van der Waals surface area contributed by atoms with E-state index in [1.54, 1.807) is 0 Å². The number of rotatable bonds is 6. The van der Waals surface area contributed by atoms with Crippen molar-refractivity contribution in [3.8, 4) is 0 Å². The topological polar surface area (TPSA) is 38.0 Å². The van der Waals surface area contributed by atoms with E-state index in [1.807, 2.05) is 0 Å². The van der Waals surface area contributed by atoms with Crippen LogP contribution < -0.4 is 11.1 Å². The van der Waals surface area contributed by atoms with Crippen LogP contribution in [0, 0.1) is 13.8 Å². The Morgan fingerprint density at radius 1 is 1.00 bits per heavy atom. The molecule has 0 amide bonds. The van der Waals surface area contributed by atoms with Crippen molar-refractivity contribution in [2.75, 3.05) is 18.4 Å². The largest absolute Gasteiger partial charge is 0.385 e. The second-order valence-electron chi connectivity index (χ2n) is 4.15. The Hall–Kier alpha value is -1.02. The van der Waals surface area contributed by atoms with Crippen molar-refractivity contribution >= 4 is 5.69 Å². The zero-order chi connectivity index (χ0) is 11.1. The van der Waals surface area contributed by atoms with E-state index in [1.165, 1.54) is 29.7 Å². The van der Waals surface area contributed by atoms with Crippen LogP contribution in [0.3, 0.4) is 0 Å². The first-order chi connectivity index (χ1) is 7.22. The number of anilines is 1. The van der Waals surface area contributed by atoms with Crippen LogP contribution in [0.2, 0.25) is 0 Å². The molecule has 0 spiro atoms. The van der Waals surface area contributed by atoms with Crippen LogP contribution in [-0.4, -0.2) is 13.1 Å². The van der Waals surface area contributed by atoms with Crippen molar-refractivity contribution in [1.29, 1.82) is 0 Å². The maximum atomic E-state index is 5.44. The number of nitrogens with one attached hydrogen (secondary N) is 1. The molecule has 1 rings (SSSR count). The van der Waals surface area contributed by atoms with Crippen LogP contribution in [0.5, 0.6) is 0 Å². The Kier molecular flexibility index (Phi) is 5.19. The standard InChI is InChI=1S/C13H22N2/c1-11-8-12(2)10-13(9-11)15-7-5-3-4-6-14/h8-10,15H,3-7,14H2,1-2H3. The Balaban J connectivity index is 2.31. The van der Waals surface area contributed by atoms with Gasteiger partial charge in [-0.3, -0.25) is 0 Å². The van der Waals surface area contributed by atoms with Crippen molar-refractivity contribution in [2.45, 2.75) is 33.1 Å². The van der Waals surface area contributed by atoms with Crippen LogP contribution in [0.15, 0.2) is 18.2 Å². The molecule has 1 aromatic carbocycles. The van der Waals surface area contributed by atoms with E-state index in [9.17, 15) is 0 Å². The summed E-state index contributed by atoms with van der Waals surface area (Å²) in [6.45, 7) is 6.12. The number of nitrogens with two attached hydrogens (primary N) is 1. The van der Waals surface area contributed by atoms with Gasteiger partial charge in [0.1, 0.15) is 0 Å². The SMILES string of the molecule is Cc1cc(C)cc(NCCCCCN)c1. The molecule has 0 heterocycles. The fourth-order valence-corrected chi connectivity index (χ4v) is 1.76. The van der Waals surface area contributed by atoms with Gasteiger partial charge in [0.25, 0.3) is 0 Å². The molecule has 0 saturated heterocycles. The van der Waals surface area contributed by atoms with Crippen LogP contribution in [0.4, 0.5) is 5.69 Å². The molecule has 0 saturated carbocycles. The molecule has 0 aliphatic carbocycles. The third-order valence-electron chi connectivity index (χ3n) is 2.43. The van der Waals surface area contributed by atoms with Crippen molar-refractivity contribution in [1.82, 2.24) is 0 Å². The molecule has 2 nitrogen and oxygen atoms in total. The highest BCUT2D eigenvalue weighted by molar-refractivity contribution is 5.48. The lowest BCUT2D eigenvalue weighted by molar-refractivity contribution is 0.707. The average Bonchev–Trinajstić information content (AvgIpc) is 2.16. The number of unbranched alkanes of at least 4 members (excludes halogenated alkanes) is 2. The summed E-state index contributed by atoms with van der Waals surface area (Å²) in [5, 5.41) is 3.44. The van der Waals surface area contributed by atoms with Crippen LogP contribution in [-0.2, 0) is 0 Å². The lowest BCUT2D eigenvalue weighted by atomic mass is 10.1. The van der Waals surface area contributed by atoms with Gasteiger partial charge in [-0.2, -0.15) is 0 Å². The van der Waals surface area contributed by atoms with Gasteiger partial charge < -0.3 is 11.1 Å². The second-order valence-corrected chi connectivity index (χ2v) is 4.15. The second kappa shape index (κ2) is 6.46. The third-order valence-corrected chi connectivity index (χ3v) is 2.43. The summed E-state index contributed by atoms with van der Waals surface area (Å²) in [6, 6.07) is 6.57. The molecule has 0 radical (unpaired) electrons. The molecule has 2 heteroatoms. The van der Waals surface area contributed by atoms with Crippen LogP contribution >= 0.6 is 0 Å². The summed E-state index contributed by atoms with van der Waals surface area (Å²) in [5.41, 5.74) is 9.32. The summed E-state index contributed by atoms with van der Waals surface area (Å²) in [5.74, 6) is 0. The number of benzene rings is 1. The molecule has 3 N–H and O–H groups in total. The third kappa shape index (κ3) is 4.84. The molecule has 0 bridgehead atoms. The van der Waals surface area contributed by atoms with E-state index in [0.717, 1.165) is 19.5 Å². The van der Waals surface area contributed by atoms with Gasteiger partial charge in [-0.15, -0.1) is 0 Å². The molecule has 0 aliphatic heterocycles. The molecule has 0 unspecified atom stereocenters. The number of aryl methyl sites for hydroxylation is 2. The van der Waals surface area contributed by atoms with Gasteiger partial charge in [-0.1, -0.05) is 12.5 Å². The first-order valence-corrected chi connectivity index (χ1v) is 5.74. The lowest BCUT2D eigenvalue weighted by Crippen LogP contribution is -2.04. The molecule has 84 valence electrons. The molecule has 0 aromatic heterocycles. The first kappa shape index (κ1) is 12.1. The molecular weight excluding hydrogens is 184 g/mol. The van der Waals surface area contributed by atoms with E-state index in [4.69, 9.17) is 5.73 Å². The zero-order valence-electron chi connectivity index (χ0n) is 9.84. The van der Waals surface area contributed by atoms with Crippen molar-refractivity contribution in [3.63, 3.8) is 0 Å². The fraction of sp³-hybridized carbons (Fsp3) is 0.538. The van der Waals surface area contributed by atoms with Crippen molar-refractivity contribution < 1.29 is 0 Å².